The van der Waals surface area contributed by atoms with Crippen LogP contribution in [0, 0.1) is 22.7 Å². The normalized spacial score (nSPS) is 38.6. The molecule has 1 saturated carbocycles. The summed E-state index contributed by atoms with van der Waals surface area (Å²) in [5, 5.41) is 18.7. The van der Waals surface area contributed by atoms with E-state index in [0.29, 0.717) is 0 Å². The number of nitrogens with zero attached hydrogens (tertiary/aromatic N) is 1. The second-order valence-corrected chi connectivity index (χ2v) is 6.53. The van der Waals surface area contributed by atoms with Gasteiger partial charge in [-0.2, -0.15) is 5.26 Å². The summed E-state index contributed by atoms with van der Waals surface area (Å²) in [6, 6.07) is 2.20. The Morgan fingerprint density at radius 2 is 2.00 bits per heavy atom. The maximum atomic E-state index is 11.3. The highest BCUT2D eigenvalue weighted by Crippen LogP contribution is 2.50. The zero-order valence-corrected chi connectivity index (χ0v) is 8.63. The van der Waals surface area contributed by atoms with Gasteiger partial charge in [-0.05, 0) is 12.8 Å². The Morgan fingerprint density at radius 1 is 1.36 bits per heavy atom. The lowest BCUT2D eigenvalue weighted by Gasteiger charge is -2.41. The Bertz CT molecular complexity index is 377. The Hall–Kier alpha value is -0.600. The van der Waals surface area contributed by atoms with Crippen LogP contribution in [0.3, 0.4) is 0 Å². The fourth-order valence-electron chi connectivity index (χ4n) is 2.48. The van der Waals surface area contributed by atoms with Crippen LogP contribution in [-0.4, -0.2) is 31.1 Å². The van der Waals surface area contributed by atoms with Gasteiger partial charge in [-0.25, -0.2) is 8.42 Å². The molecule has 78 valence electrons. The van der Waals surface area contributed by atoms with Crippen LogP contribution in [0.5, 0.6) is 0 Å². The minimum absolute atomic E-state index is 0.0122. The highest BCUT2D eigenvalue weighted by atomic mass is 32.2. The lowest BCUT2D eigenvalue weighted by molar-refractivity contribution is 0.0359. The van der Waals surface area contributed by atoms with Gasteiger partial charge in [0.1, 0.15) is 0 Å². The van der Waals surface area contributed by atoms with Gasteiger partial charge in [-0.1, -0.05) is 6.42 Å². The average Bonchev–Trinajstić information content (AvgIpc) is 2.24. The number of aliphatic hydroxyl groups is 1. The number of aliphatic hydroxyl groups excluding tert-OH is 1. The summed E-state index contributed by atoms with van der Waals surface area (Å²) in [5.74, 6) is -0.533. The van der Waals surface area contributed by atoms with Crippen LogP contribution in [0.2, 0.25) is 0 Å². The molecule has 2 aliphatic rings. The molecule has 0 spiro atoms. The quantitative estimate of drug-likeness (QED) is 0.672. The molecule has 14 heavy (non-hydrogen) atoms. The molecule has 1 heterocycles. The maximum Gasteiger partial charge on any atom is 0.153 e. The summed E-state index contributed by atoms with van der Waals surface area (Å²) < 4.78 is 22.6. The van der Waals surface area contributed by atoms with Crippen molar-refractivity contribution >= 4 is 9.84 Å². The molecule has 2 unspecified atom stereocenters. The van der Waals surface area contributed by atoms with Crippen molar-refractivity contribution in [2.75, 3.05) is 11.5 Å². The van der Waals surface area contributed by atoms with E-state index in [9.17, 15) is 13.5 Å². The summed E-state index contributed by atoms with van der Waals surface area (Å²) in [7, 11) is -3.12. The molecular weight excluding hydrogens is 202 g/mol. The van der Waals surface area contributed by atoms with E-state index in [0.717, 1.165) is 19.3 Å². The van der Waals surface area contributed by atoms with Crippen LogP contribution in [0.25, 0.3) is 0 Å². The van der Waals surface area contributed by atoms with Gasteiger partial charge in [-0.3, -0.25) is 0 Å². The second kappa shape index (κ2) is 2.94. The third-order valence-corrected chi connectivity index (χ3v) is 5.22. The van der Waals surface area contributed by atoms with E-state index in [1.54, 1.807) is 0 Å². The minimum atomic E-state index is -3.12. The van der Waals surface area contributed by atoms with E-state index in [1.807, 2.05) is 0 Å². The molecule has 1 saturated heterocycles. The van der Waals surface area contributed by atoms with Gasteiger partial charge in [0.25, 0.3) is 0 Å². The molecule has 5 heteroatoms. The molecule has 0 aromatic rings. The van der Waals surface area contributed by atoms with Crippen LogP contribution in [0.15, 0.2) is 0 Å². The maximum absolute atomic E-state index is 11.3. The molecule has 0 amide bonds. The fourth-order valence-corrected chi connectivity index (χ4v) is 4.46. The summed E-state index contributed by atoms with van der Waals surface area (Å²) in [6.07, 6.45) is 1.61. The molecule has 0 bridgehead atoms. The molecule has 2 rings (SSSR count). The van der Waals surface area contributed by atoms with Crippen molar-refractivity contribution in [3.63, 3.8) is 0 Å². The van der Waals surface area contributed by atoms with Gasteiger partial charge in [0, 0.05) is 5.92 Å². The summed E-state index contributed by atoms with van der Waals surface area (Å²) in [6.45, 7) is 0. The molecule has 1 aliphatic carbocycles. The number of sulfone groups is 1. The van der Waals surface area contributed by atoms with Gasteiger partial charge in [0.15, 0.2) is 9.84 Å². The van der Waals surface area contributed by atoms with E-state index in [4.69, 9.17) is 5.26 Å². The Kier molecular flexibility index (Phi) is 2.09. The van der Waals surface area contributed by atoms with Crippen molar-refractivity contribution in [3.05, 3.63) is 0 Å². The molecule has 2 fully saturated rings. The first-order valence-corrected chi connectivity index (χ1v) is 6.61. The van der Waals surface area contributed by atoms with Crippen LogP contribution in [0.4, 0.5) is 0 Å². The molecule has 1 N–H and O–H groups in total. The number of rotatable bonds is 1. The standard InChI is InChI=1S/C9H13NO3S/c10-6-9(2-1-3-9)7-4-14(12,13)5-8(7)11/h7-8,11H,1-5H2. The summed E-state index contributed by atoms with van der Waals surface area (Å²) in [4.78, 5) is 0. The molecule has 2 atom stereocenters. The van der Waals surface area contributed by atoms with Gasteiger partial charge in [0.05, 0.1) is 29.1 Å². The van der Waals surface area contributed by atoms with Crippen LogP contribution in [0.1, 0.15) is 19.3 Å². The van der Waals surface area contributed by atoms with Crippen LogP contribution in [-0.2, 0) is 9.84 Å². The van der Waals surface area contributed by atoms with E-state index >= 15 is 0 Å². The zero-order chi connectivity index (χ0) is 10.4. The smallest absolute Gasteiger partial charge is 0.153 e. The minimum Gasteiger partial charge on any atom is -0.392 e. The van der Waals surface area contributed by atoms with Gasteiger partial charge >= 0.3 is 0 Å². The number of nitriles is 1. The van der Waals surface area contributed by atoms with Crippen LogP contribution >= 0.6 is 0 Å². The Morgan fingerprint density at radius 3 is 2.29 bits per heavy atom. The first kappa shape index (κ1) is 9.94. The highest BCUT2D eigenvalue weighted by molar-refractivity contribution is 7.91. The fraction of sp³-hybridized carbons (Fsp3) is 0.889. The topological polar surface area (TPSA) is 78.2 Å². The molecule has 0 aromatic heterocycles. The monoisotopic (exact) mass is 215 g/mol. The predicted octanol–water partition coefficient (Wildman–Crippen LogP) is 0.0858. The average molecular weight is 215 g/mol. The van der Waals surface area contributed by atoms with Crippen molar-refractivity contribution in [2.24, 2.45) is 11.3 Å². The van der Waals surface area contributed by atoms with E-state index in [1.165, 1.54) is 0 Å². The second-order valence-electron chi connectivity index (χ2n) is 4.37. The zero-order valence-electron chi connectivity index (χ0n) is 7.81. The van der Waals surface area contributed by atoms with Gasteiger partial charge < -0.3 is 5.11 Å². The largest absolute Gasteiger partial charge is 0.392 e. The lowest BCUT2D eigenvalue weighted by atomic mass is 9.61. The molecule has 4 nitrogen and oxygen atoms in total. The molecular formula is C9H13NO3S. The first-order valence-electron chi connectivity index (χ1n) is 4.79. The third-order valence-electron chi connectivity index (χ3n) is 3.50. The lowest BCUT2D eigenvalue weighted by Crippen LogP contribution is -2.41. The molecule has 0 aromatic carbocycles. The first-order chi connectivity index (χ1) is 6.49. The Balaban J connectivity index is 2.24. The van der Waals surface area contributed by atoms with E-state index in [-0.39, 0.29) is 17.4 Å². The van der Waals surface area contributed by atoms with Crippen molar-refractivity contribution in [1.82, 2.24) is 0 Å². The highest BCUT2D eigenvalue weighted by Gasteiger charge is 2.53. The van der Waals surface area contributed by atoms with Gasteiger partial charge in [0.2, 0.25) is 0 Å². The van der Waals surface area contributed by atoms with Crippen molar-refractivity contribution in [2.45, 2.75) is 25.4 Å². The Labute approximate surface area is 83.5 Å². The summed E-state index contributed by atoms with van der Waals surface area (Å²) in [5.41, 5.74) is -0.553. The number of hydrogen-bond donors (Lipinski definition) is 1. The predicted molar refractivity (Wildman–Crippen MR) is 50.0 cm³/mol. The van der Waals surface area contributed by atoms with Gasteiger partial charge in [-0.15, -0.1) is 0 Å². The SMILES string of the molecule is N#CC1(C2CS(=O)(=O)CC2O)CCC1. The summed E-state index contributed by atoms with van der Waals surface area (Å²) >= 11 is 0. The van der Waals surface area contributed by atoms with Crippen molar-refractivity contribution < 1.29 is 13.5 Å². The molecule has 1 aliphatic heterocycles. The van der Waals surface area contributed by atoms with Crippen molar-refractivity contribution in [3.8, 4) is 6.07 Å². The van der Waals surface area contributed by atoms with E-state index < -0.39 is 21.4 Å². The van der Waals surface area contributed by atoms with Crippen LogP contribution < -0.4 is 0 Å². The number of hydrogen-bond acceptors (Lipinski definition) is 4. The van der Waals surface area contributed by atoms with Crippen molar-refractivity contribution in [1.29, 1.82) is 5.26 Å². The van der Waals surface area contributed by atoms with E-state index in [2.05, 4.69) is 6.07 Å². The third kappa shape index (κ3) is 1.33. The molecule has 0 radical (unpaired) electrons.